The number of benzene rings is 1. The van der Waals surface area contributed by atoms with Crippen LogP contribution in [0.25, 0.3) is 5.57 Å². The Kier molecular flexibility index (Phi) is 2.21. The number of aliphatic hydroxyl groups is 1. The first kappa shape index (κ1) is 9.73. The Bertz CT molecular complexity index is 410. The minimum Gasteiger partial charge on any atom is -0.367 e. The maximum atomic E-state index is 11.0. The Morgan fingerprint density at radius 2 is 1.93 bits per heavy atom. The van der Waals surface area contributed by atoms with Gasteiger partial charge in [0.1, 0.15) is 0 Å². The van der Waals surface area contributed by atoms with Gasteiger partial charge in [-0.1, -0.05) is 30.3 Å². The van der Waals surface area contributed by atoms with E-state index in [1.54, 1.807) is 6.92 Å². The number of amides is 2. The number of hydrogen-bond acceptors (Lipinski definition) is 2. The van der Waals surface area contributed by atoms with Gasteiger partial charge in [-0.15, -0.1) is 0 Å². The zero-order valence-electron chi connectivity index (χ0n) is 8.32. The molecule has 0 bridgehead atoms. The van der Waals surface area contributed by atoms with Gasteiger partial charge in [-0.25, -0.2) is 4.79 Å². The molecule has 1 aromatic carbocycles. The van der Waals surface area contributed by atoms with Crippen LogP contribution in [0.15, 0.2) is 36.5 Å². The van der Waals surface area contributed by atoms with Gasteiger partial charge in [-0.05, 0) is 12.5 Å². The second kappa shape index (κ2) is 3.40. The summed E-state index contributed by atoms with van der Waals surface area (Å²) in [5.74, 6) is 0. The Balaban J connectivity index is 2.41. The molecule has 0 saturated heterocycles. The monoisotopic (exact) mass is 204 g/mol. The quantitative estimate of drug-likeness (QED) is 0.640. The van der Waals surface area contributed by atoms with E-state index in [0.717, 1.165) is 5.56 Å². The van der Waals surface area contributed by atoms with Gasteiger partial charge in [-0.3, -0.25) is 0 Å². The lowest BCUT2D eigenvalue weighted by Gasteiger charge is -2.31. The molecule has 2 amide bonds. The molecule has 1 atom stereocenters. The third-order valence-corrected chi connectivity index (χ3v) is 2.31. The normalized spacial score (nSPS) is 25.2. The van der Waals surface area contributed by atoms with Crippen molar-refractivity contribution < 1.29 is 9.90 Å². The fourth-order valence-electron chi connectivity index (χ4n) is 1.58. The Labute approximate surface area is 87.6 Å². The van der Waals surface area contributed by atoms with Crippen LogP contribution in [0, 0.1) is 0 Å². The fraction of sp³-hybridized carbons (Fsp3) is 0.182. The van der Waals surface area contributed by atoms with Gasteiger partial charge in [-0.2, -0.15) is 0 Å². The zero-order chi connectivity index (χ0) is 10.9. The summed E-state index contributed by atoms with van der Waals surface area (Å²) in [4.78, 5) is 11.0. The second-order valence-corrected chi connectivity index (χ2v) is 3.59. The highest BCUT2D eigenvalue weighted by molar-refractivity contribution is 5.86. The van der Waals surface area contributed by atoms with Crippen molar-refractivity contribution in [2.75, 3.05) is 0 Å². The van der Waals surface area contributed by atoms with Gasteiger partial charge in [0.25, 0.3) is 0 Å². The van der Waals surface area contributed by atoms with E-state index in [1.165, 1.54) is 6.20 Å². The van der Waals surface area contributed by atoms with Gasteiger partial charge >= 0.3 is 6.03 Å². The standard InChI is InChI=1S/C11H12N2O2/c1-11(15)9(7-12-10(14)13-11)8-5-3-2-4-6-8/h2-7,15H,1H3,(H2,12,13,14)/t11-/m1/s1. The smallest absolute Gasteiger partial charge is 0.321 e. The summed E-state index contributed by atoms with van der Waals surface area (Å²) >= 11 is 0. The van der Waals surface area contributed by atoms with Crippen LogP contribution < -0.4 is 10.6 Å². The summed E-state index contributed by atoms with van der Waals surface area (Å²) in [5, 5.41) is 15.0. The van der Waals surface area contributed by atoms with Crippen LogP contribution in [-0.2, 0) is 0 Å². The van der Waals surface area contributed by atoms with E-state index < -0.39 is 11.8 Å². The molecule has 0 aliphatic carbocycles. The maximum absolute atomic E-state index is 11.0. The number of hydrogen-bond donors (Lipinski definition) is 3. The molecule has 0 saturated carbocycles. The van der Waals surface area contributed by atoms with Crippen LogP contribution in [0.5, 0.6) is 0 Å². The van der Waals surface area contributed by atoms with Crippen LogP contribution in [-0.4, -0.2) is 16.9 Å². The minimum atomic E-state index is -1.33. The zero-order valence-corrected chi connectivity index (χ0v) is 8.32. The van der Waals surface area contributed by atoms with E-state index in [-0.39, 0.29) is 0 Å². The molecule has 0 radical (unpaired) electrons. The average Bonchev–Trinajstić information content (AvgIpc) is 2.17. The Morgan fingerprint density at radius 3 is 2.53 bits per heavy atom. The third kappa shape index (κ3) is 1.85. The van der Waals surface area contributed by atoms with Crippen LogP contribution in [0.1, 0.15) is 12.5 Å². The molecule has 4 nitrogen and oxygen atoms in total. The fourth-order valence-corrected chi connectivity index (χ4v) is 1.58. The van der Waals surface area contributed by atoms with Crippen LogP contribution >= 0.6 is 0 Å². The van der Waals surface area contributed by atoms with Crippen molar-refractivity contribution in [3.63, 3.8) is 0 Å². The van der Waals surface area contributed by atoms with Gasteiger partial charge in [0, 0.05) is 11.8 Å². The van der Waals surface area contributed by atoms with E-state index in [4.69, 9.17) is 0 Å². The second-order valence-electron chi connectivity index (χ2n) is 3.59. The first-order valence-electron chi connectivity index (χ1n) is 4.67. The van der Waals surface area contributed by atoms with Crippen molar-refractivity contribution in [3.8, 4) is 0 Å². The summed E-state index contributed by atoms with van der Waals surface area (Å²) in [5.41, 5.74) is 0.182. The van der Waals surface area contributed by atoms with Crippen LogP contribution in [0.3, 0.4) is 0 Å². The van der Waals surface area contributed by atoms with Gasteiger partial charge in [0.15, 0.2) is 5.72 Å². The summed E-state index contributed by atoms with van der Waals surface area (Å²) in [7, 11) is 0. The molecule has 1 aromatic rings. The molecule has 0 fully saturated rings. The lowest BCUT2D eigenvalue weighted by Crippen LogP contribution is -2.53. The average molecular weight is 204 g/mol. The van der Waals surface area contributed by atoms with E-state index in [1.807, 2.05) is 30.3 Å². The van der Waals surface area contributed by atoms with Crippen molar-refractivity contribution in [2.45, 2.75) is 12.6 Å². The highest BCUT2D eigenvalue weighted by Crippen LogP contribution is 2.25. The molecule has 1 aliphatic heterocycles. The molecular formula is C11H12N2O2. The molecule has 0 spiro atoms. The summed E-state index contributed by atoms with van der Waals surface area (Å²) < 4.78 is 0. The summed E-state index contributed by atoms with van der Waals surface area (Å²) in [6, 6.07) is 9.00. The molecule has 1 aliphatic rings. The first-order valence-corrected chi connectivity index (χ1v) is 4.67. The minimum absolute atomic E-state index is 0.403. The molecule has 78 valence electrons. The molecule has 15 heavy (non-hydrogen) atoms. The number of carbonyl (C=O) groups is 1. The van der Waals surface area contributed by atoms with Gasteiger partial charge in [0.2, 0.25) is 0 Å². The molecule has 3 N–H and O–H groups in total. The third-order valence-electron chi connectivity index (χ3n) is 2.31. The van der Waals surface area contributed by atoms with Crippen molar-refractivity contribution in [2.24, 2.45) is 0 Å². The topological polar surface area (TPSA) is 61.4 Å². The number of rotatable bonds is 1. The molecule has 0 unspecified atom stereocenters. The molecular weight excluding hydrogens is 192 g/mol. The Morgan fingerprint density at radius 1 is 1.27 bits per heavy atom. The molecule has 4 heteroatoms. The van der Waals surface area contributed by atoms with E-state index in [2.05, 4.69) is 10.6 Å². The molecule has 2 rings (SSSR count). The number of urea groups is 1. The summed E-state index contributed by atoms with van der Waals surface area (Å²) in [6.45, 7) is 1.55. The predicted octanol–water partition coefficient (Wildman–Crippen LogP) is 1.05. The maximum Gasteiger partial charge on any atom is 0.321 e. The van der Waals surface area contributed by atoms with Crippen LogP contribution in [0.4, 0.5) is 4.79 Å². The number of nitrogens with one attached hydrogen (secondary N) is 2. The SMILES string of the molecule is C[C@]1(O)NC(=O)NC=C1c1ccccc1. The Hall–Kier alpha value is -1.81. The van der Waals surface area contributed by atoms with Crippen molar-refractivity contribution in [1.29, 1.82) is 0 Å². The lowest BCUT2D eigenvalue weighted by molar-refractivity contribution is 0.0904. The van der Waals surface area contributed by atoms with Crippen molar-refractivity contribution in [1.82, 2.24) is 10.6 Å². The predicted molar refractivity (Wildman–Crippen MR) is 56.7 cm³/mol. The summed E-state index contributed by atoms with van der Waals surface area (Å²) in [6.07, 6.45) is 1.52. The van der Waals surface area contributed by atoms with Gasteiger partial charge in [0.05, 0.1) is 0 Å². The van der Waals surface area contributed by atoms with E-state index in [0.29, 0.717) is 5.57 Å². The highest BCUT2D eigenvalue weighted by Gasteiger charge is 2.31. The lowest BCUT2D eigenvalue weighted by atomic mass is 9.96. The van der Waals surface area contributed by atoms with Crippen molar-refractivity contribution in [3.05, 3.63) is 42.1 Å². The van der Waals surface area contributed by atoms with E-state index in [9.17, 15) is 9.90 Å². The molecule has 0 aromatic heterocycles. The van der Waals surface area contributed by atoms with Crippen LogP contribution in [0.2, 0.25) is 0 Å². The van der Waals surface area contributed by atoms with Gasteiger partial charge < -0.3 is 15.7 Å². The molecule has 1 heterocycles. The van der Waals surface area contributed by atoms with E-state index >= 15 is 0 Å². The van der Waals surface area contributed by atoms with Crippen molar-refractivity contribution >= 4 is 11.6 Å². The largest absolute Gasteiger partial charge is 0.367 e. The highest BCUT2D eigenvalue weighted by atomic mass is 16.3. The first-order chi connectivity index (χ1) is 7.09. The number of carbonyl (C=O) groups excluding carboxylic acids is 1.